The fourth-order valence-electron chi connectivity index (χ4n) is 1.80. The minimum atomic E-state index is -0.579. The van der Waals surface area contributed by atoms with Crippen molar-refractivity contribution in [3.63, 3.8) is 0 Å². The van der Waals surface area contributed by atoms with E-state index >= 15 is 0 Å². The third-order valence-electron chi connectivity index (χ3n) is 3.20. The number of thiol groups is 1. The van der Waals surface area contributed by atoms with Crippen molar-refractivity contribution in [3.05, 3.63) is 29.6 Å². The number of rotatable bonds is 4. The molecule has 1 aliphatic carbocycles. The molecule has 0 bridgehead atoms. The molecule has 18 heavy (non-hydrogen) atoms. The summed E-state index contributed by atoms with van der Waals surface area (Å²) in [6.45, 7) is 0. The van der Waals surface area contributed by atoms with Crippen molar-refractivity contribution in [2.24, 2.45) is 5.41 Å². The van der Waals surface area contributed by atoms with Crippen molar-refractivity contribution in [1.29, 1.82) is 5.26 Å². The van der Waals surface area contributed by atoms with Gasteiger partial charge >= 0.3 is 0 Å². The number of benzene rings is 1. The van der Waals surface area contributed by atoms with E-state index < -0.39 is 5.82 Å². The average Bonchev–Trinajstić information content (AvgIpc) is 3.12. The molecule has 5 heteroatoms. The largest absolute Gasteiger partial charge is 0.326 e. The standard InChI is InChI=1S/C13H13FN2OS/c14-11-2-1-10(5-9(11)7-15)16-12(17)6-13(8-18)3-4-13/h1-2,5,18H,3-4,6,8H2,(H,16,17). The lowest BCUT2D eigenvalue weighted by Gasteiger charge is -2.11. The van der Waals surface area contributed by atoms with Crippen LogP contribution in [0.5, 0.6) is 0 Å². The first-order valence-corrected chi connectivity index (χ1v) is 6.32. The van der Waals surface area contributed by atoms with E-state index in [1.165, 1.54) is 18.2 Å². The molecule has 0 atom stereocenters. The van der Waals surface area contributed by atoms with E-state index in [4.69, 9.17) is 5.26 Å². The van der Waals surface area contributed by atoms with Crippen molar-refractivity contribution >= 4 is 24.2 Å². The molecule has 1 aromatic rings. The number of anilines is 1. The molecule has 94 valence electrons. The maximum absolute atomic E-state index is 13.1. The van der Waals surface area contributed by atoms with Crippen LogP contribution in [0.1, 0.15) is 24.8 Å². The van der Waals surface area contributed by atoms with E-state index in [0.717, 1.165) is 12.8 Å². The fraction of sp³-hybridized carbons (Fsp3) is 0.385. The molecule has 0 heterocycles. The molecule has 0 radical (unpaired) electrons. The maximum Gasteiger partial charge on any atom is 0.224 e. The van der Waals surface area contributed by atoms with Gasteiger partial charge in [0.05, 0.1) is 5.56 Å². The predicted molar refractivity (Wildman–Crippen MR) is 69.9 cm³/mol. The summed E-state index contributed by atoms with van der Waals surface area (Å²) in [5, 5.41) is 11.4. The van der Waals surface area contributed by atoms with Crippen LogP contribution in [0.15, 0.2) is 18.2 Å². The number of carbonyl (C=O) groups is 1. The highest BCUT2D eigenvalue weighted by molar-refractivity contribution is 7.80. The summed E-state index contributed by atoms with van der Waals surface area (Å²) in [6, 6.07) is 5.72. The number of nitrogens with zero attached hydrogens (tertiary/aromatic N) is 1. The van der Waals surface area contributed by atoms with Gasteiger partial charge in [-0.3, -0.25) is 4.79 Å². The molecule has 0 aliphatic heterocycles. The first-order chi connectivity index (χ1) is 8.58. The van der Waals surface area contributed by atoms with Crippen LogP contribution < -0.4 is 5.32 Å². The Balaban J connectivity index is 2.01. The molecule has 0 saturated heterocycles. The zero-order chi connectivity index (χ0) is 13.2. The van der Waals surface area contributed by atoms with Crippen LogP contribution in [0.2, 0.25) is 0 Å². The Labute approximate surface area is 110 Å². The number of nitrogens with one attached hydrogen (secondary N) is 1. The molecule has 3 nitrogen and oxygen atoms in total. The smallest absolute Gasteiger partial charge is 0.224 e. The van der Waals surface area contributed by atoms with Gasteiger partial charge < -0.3 is 5.32 Å². The molecule has 0 spiro atoms. The lowest BCUT2D eigenvalue weighted by Crippen LogP contribution is -2.18. The Morgan fingerprint density at radius 3 is 2.83 bits per heavy atom. The van der Waals surface area contributed by atoms with Crippen LogP contribution in [0, 0.1) is 22.6 Å². The van der Waals surface area contributed by atoms with E-state index in [9.17, 15) is 9.18 Å². The molecular weight excluding hydrogens is 251 g/mol. The summed E-state index contributed by atoms with van der Waals surface area (Å²) in [4.78, 5) is 11.8. The molecule has 1 aromatic carbocycles. The number of hydrogen-bond donors (Lipinski definition) is 2. The highest BCUT2D eigenvalue weighted by atomic mass is 32.1. The number of hydrogen-bond acceptors (Lipinski definition) is 3. The van der Waals surface area contributed by atoms with Crippen LogP contribution >= 0.6 is 12.6 Å². The molecule has 1 N–H and O–H groups in total. The first kappa shape index (κ1) is 12.9. The second-order valence-electron chi connectivity index (χ2n) is 4.69. The van der Waals surface area contributed by atoms with Crippen LogP contribution in [0.4, 0.5) is 10.1 Å². The Morgan fingerprint density at radius 2 is 2.28 bits per heavy atom. The third-order valence-corrected chi connectivity index (χ3v) is 3.87. The van der Waals surface area contributed by atoms with Crippen LogP contribution in [-0.4, -0.2) is 11.7 Å². The Morgan fingerprint density at radius 1 is 1.56 bits per heavy atom. The quantitative estimate of drug-likeness (QED) is 0.822. The molecular formula is C13H13FN2OS. The van der Waals surface area contributed by atoms with Gasteiger partial charge in [-0.2, -0.15) is 17.9 Å². The summed E-state index contributed by atoms with van der Waals surface area (Å²) >= 11 is 4.24. The normalized spacial score (nSPS) is 15.8. The Hall–Kier alpha value is -1.54. The van der Waals surface area contributed by atoms with Crippen molar-refractivity contribution < 1.29 is 9.18 Å². The number of halogens is 1. The third kappa shape index (κ3) is 2.82. The van der Waals surface area contributed by atoms with Gasteiger partial charge in [0.25, 0.3) is 0 Å². The summed E-state index contributed by atoms with van der Waals surface area (Å²) in [5.74, 6) is 0.00868. The van der Waals surface area contributed by atoms with E-state index in [2.05, 4.69) is 17.9 Å². The van der Waals surface area contributed by atoms with Gasteiger partial charge in [0.1, 0.15) is 11.9 Å². The Kier molecular flexibility index (Phi) is 3.58. The fourth-order valence-corrected chi connectivity index (χ4v) is 2.23. The van der Waals surface area contributed by atoms with E-state index in [1.807, 2.05) is 0 Å². The van der Waals surface area contributed by atoms with Gasteiger partial charge in [-0.05, 0) is 42.2 Å². The zero-order valence-electron chi connectivity index (χ0n) is 9.74. The number of amides is 1. The topological polar surface area (TPSA) is 52.9 Å². The number of carbonyl (C=O) groups excluding carboxylic acids is 1. The lowest BCUT2D eigenvalue weighted by molar-refractivity contribution is -0.117. The second-order valence-corrected chi connectivity index (χ2v) is 5.01. The predicted octanol–water partition coefficient (Wildman–Crippen LogP) is 2.74. The van der Waals surface area contributed by atoms with Crippen LogP contribution in [-0.2, 0) is 4.79 Å². The summed E-state index contributed by atoms with van der Waals surface area (Å²) in [7, 11) is 0. The van der Waals surface area contributed by atoms with E-state index in [0.29, 0.717) is 17.9 Å². The average molecular weight is 264 g/mol. The SMILES string of the molecule is N#Cc1cc(NC(=O)CC2(CS)CC2)ccc1F. The minimum Gasteiger partial charge on any atom is -0.326 e. The van der Waals surface area contributed by atoms with Gasteiger partial charge in [0, 0.05) is 12.1 Å². The summed E-state index contributed by atoms with van der Waals surface area (Å²) in [6.07, 6.45) is 2.48. The molecule has 1 amide bonds. The Bertz CT molecular complexity index is 520. The van der Waals surface area contributed by atoms with Gasteiger partial charge in [-0.1, -0.05) is 0 Å². The highest BCUT2D eigenvalue weighted by Gasteiger charge is 2.42. The molecule has 0 aromatic heterocycles. The van der Waals surface area contributed by atoms with E-state index in [1.54, 1.807) is 6.07 Å². The zero-order valence-corrected chi connectivity index (χ0v) is 10.6. The van der Waals surface area contributed by atoms with Crippen molar-refractivity contribution in [1.82, 2.24) is 0 Å². The monoisotopic (exact) mass is 264 g/mol. The summed E-state index contributed by atoms with van der Waals surface area (Å²) < 4.78 is 13.1. The number of nitriles is 1. The van der Waals surface area contributed by atoms with Crippen molar-refractivity contribution in [3.8, 4) is 6.07 Å². The van der Waals surface area contributed by atoms with Gasteiger partial charge in [-0.25, -0.2) is 4.39 Å². The van der Waals surface area contributed by atoms with Crippen LogP contribution in [0.25, 0.3) is 0 Å². The molecule has 0 unspecified atom stereocenters. The van der Waals surface area contributed by atoms with Crippen molar-refractivity contribution in [2.75, 3.05) is 11.1 Å². The molecule has 1 aliphatic rings. The first-order valence-electron chi connectivity index (χ1n) is 5.69. The molecule has 2 rings (SSSR count). The molecule has 1 fully saturated rings. The summed E-state index contributed by atoms with van der Waals surface area (Å²) in [5.41, 5.74) is 0.432. The van der Waals surface area contributed by atoms with Gasteiger partial charge in [0.2, 0.25) is 5.91 Å². The maximum atomic E-state index is 13.1. The van der Waals surface area contributed by atoms with E-state index in [-0.39, 0.29) is 16.9 Å². The molecule has 1 saturated carbocycles. The van der Waals surface area contributed by atoms with Gasteiger partial charge in [-0.15, -0.1) is 0 Å². The van der Waals surface area contributed by atoms with Crippen molar-refractivity contribution in [2.45, 2.75) is 19.3 Å². The van der Waals surface area contributed by atoms with Gasteiger partial charge in [0.15, 0.2) is 0 Å². The minimum absolute atomic E-state index is 0.0469. The highest BCUT2D eigenvalue weighted by Crippen LogP contribution is 2.49. The second kappa shape index (κ2) is 4.99. The lowest BCUT2D eigenvalue weighted by atomic mass is 10.0. The van der Waals surface area contributed by atoms with Crippen LogP contribution in [0.3, 0.4) is 0 Å².